The molecule has 4 rings (SSSR count). The molecule has 0 unspecified atom stereocenters. The van der Waals surface area contributed by atoms with Gasteiger partial charge in [-0.05, 0) is 6.07 Å². The number of benzene rings is 2. The number of methoxy groups -OCH3 is 3. The van der Waals surface area contributed by atoms with Crippen molar-refractivity contribution in [2.75, 3.05) is 21.3 Å². The van der Waals surface area contributed by atoms with Crippen molar-refractivity contribution in [1.29, 1.82) is 0 Å². The van der Waals surface area contributed by atoms with E-state index in [4.69, 9.17) is 18.9 Å². The van der Waals surface area contributed by atoms with Gasteiger partial charge in [-0.25, -0.2) is 9.78 Å². The number of hydrogen-bond acceptors (Lipinski definition) is 7. The average molecular weight is 503 g/mol. The molecule has 160 valence electrons. The van der Waals surface area contributed by atoms with Crippen molar-refractivity contribution in [3.63, 3.8) is 0 Å². The number of fused-ring (bicyclic) bond motifs is 1. The SMILES string of the molecule is COC(=O)c1sc(-n2cnc3cc(OC)c(OC)cc32)cc1OCc1ccccc1Br. The molecule has 0 fully saturated rings. The van der Waals surface area contributed by atoms with Gasteiger partial charge in [-0.15, -0.1) is 11.3 Å². The Bertz CT molecular complexity index is 1250. The van der Waals surface area contributed by atoms with E-state index in [2.05, 4.69) is 20.9 Å². The molecule has 0 amide bonds. The Morgan fingerprint density at radius 1 is 1.06 bits per heavy atom. The van der Waals surface area contributed by atoms with Crippen LogP contribution in [-0.2, 0) is 11.3 Å². The molecule has 0 saturated heterocycles. The standard InChI is InChI=1S/C22H19BrN2O5S/c1-27-17-8-15-16(9-18(17)28-2)25(12-24-15)20-10-19(21(31-20)22(26)29-3)30-11-13-6-4-5-7-14(13)23/h4-10,12H,11H2,1-3H3. The zero-order valence-corrected chi connectivity index (χ0v) is 19.5. The van der Waals surface area contributed by atoms with Gasteiger partial charge in [0, 0.05) is 28.2 Å². The molecule has 0 N–H and O–H groups in total. The highest BCUT2D eigenvalue weighted by atomic mass is 79.9. The largest absolute Gasteiger partial charge is 0.493 e. The Hall–Kier alpha value is -3.04. The summed E-state index contributed by atoms with van der Waals surface area (Å²) in [5.74, 6) is 1.18. The maximum absolute atomic E-state index is 12.4. The molecule has 2 aromatic carbocycles. The summed E-state index contributed by atoms with van der Waals surface area (Å²) in [6.07, 6.45) is 1.69. The summed E-state index contributed by atoms with van der Waals surface area (Å²) in [6, 6.07) is 13.2. The minimum Gasteiger partial charge on any atom is -0.493 e. The van der Waals surface area contributed by atoms with E-state index in [-0.39, 0.29) is 0 Å². The molecular formula is C22H19BrN2O5S. The number of esters is 1. The van der Waals surface area contributed by atoms with Crippen molar-refractivity contribution in [3.05, 3.63) is 63.7 Å². The van der Waals surface area contributed by atoms with Gasteiger partial charge < -0.3 is 18.9 Å². The number of carbonyl (C=O) groups is 1. The molecule has 7 nitrogen and oxygen atoms in total. The van der Waals surface area contributed by atoms with Gasteiger partial charge in [-0.2, -0.15) is 0 Å². The molecule has 0 bridgehead atoms. The van der Waals surface area contributed by atoms with E-state index in [0.29, 0.717) is 28.7 Å². The molecule has 0 spiro atoms. The van der Waals surface area contributed by atoms with E-state index in [1.54, 1.807) is 20.5 Å². The number of imidazole rings is 1. The van der Waals surface area contributed by atoms with Crippen molar-refractivity contribution in [2.24, 2.45) is 0 Å². The third-order valence-corrected chi connectivity index (χ3v) is 6.56. The van der Waals surface area contributed by atoms with Crippen molar-refractivity contribution < 1.29 is 23.7 Å². The monoisotopic (exact) mass is 502 g/mol. The fourth-order valence-electron chi connectivity index (χ4n) is 3.11. The first-order chi connectivity index (χ1) is 15.0. The first kappa shape index (κ1) is 21.2. The Kier molecular flexibility index (Phi) is 6.15. The lowest BCUT2D eigenvalue weighted by Gasteiger charge is -2.08. The molecule has 31 heavy (non-hydrogen) atoms. The number of aromatic nitrogens is 2. The summed E-state index contributed by atoms with van der Waals surface area (Å²) < 4.78 is 24.5. The highest BCUT2D eigenvalue weighted by Gasteiger charge is 2.21. The maximum Gasteiger partial charge on any atom is 0.351 e. The predicted octanol–water partition coefficient (Wildman–Crippen LogP) is 5.23. The normalized spacial score (nSPS) is 10.8. The highest BCUT2D eigenvalue weighted by Crippen LogP contribution is 2.37. The van der Waals surface area contributed by atoms with Crippen LogP contribution in [0.5, 0.6) is 17.2 Å². The number of nitrogens with zero attached hydrogens (tertiary/aromatic N) is 2. The number of hydrogen-bond donors (Lipinski definition) is 0. The van der Waals surface area contributed by atoms with Gasteiger partial charge in [0.25, 0.3) is 0 Å². The molecule has 0 saturated carbocycles. The van der Waals surface area contributed by atoms with Crippen molar-refractivity contribution in [2.45, 2.75) is 6.61 Å². The summed E-state index contributed by atoms with van der Waals surface area (Å²) in [6.45, 7) is 0.303. The van der Waals surface area contributed by atoms with Gasteiger partial charge in [0.05, 0.1) is 32.4 Å². The van der Waals surface area contributed by atoms with Crippen LogP contribution in [0, 0.1) is 0 Å². The smallest absolute Gasteiger partial charge is 0.351 e. The van der Waals surface area contributed by atoms with E-state index in [9.17, 15) is 4.79 Å². The quantitative estimate of drug-likeness (QED) is 0.322. The Balaban J connectivity index is 1.74. The molecule has 0 radical (unpaired) electrons. The van der Waals surface area contributed by atoms with Crippen LogP contribution < -0.4 is 14.2 Å². The summed E-state index contributed by atoms with van der Waals surface area (Å²) in [5.41, 5.74) is 2.52. The lowest BCUT2D eigenvalue weighted by molar-refractivity contribution is 0.0601. The van der Waals surface area contributed by atoms with Crippen LogP contribution in [0.25, 0.3) is 16.0 Å². The van der Waals surface area contributed by atoms with Crippen LogP contribution in [0.2, 0.25) is 0 Å². The Morgan fingerprint density at radius 2 is 1.81 bits per heavy atom. The molecule has 2 aromatic heterocycles. The van der Waals surface area contributed by atoms with Crippen LogP contribution in [0.1, 0.15) is 15.2 Å². The van der Waals surface area contributed by atoms with Gasteiger partial charge >= 0.3 is 5.97 Å². The average Bonchev–Trinajstić information content (AvgIpc) is 3.40. The number of thiophene rings is 1. The molecule has 4 aromatic rings. The molecular weight excluding hydrogens is 484 g/mol. The van der Waals surface area contributed by atoms with E-state index < -0.39 is 5.97 Å². The Labute approximate surface area is 191 Å². The number of ether oxygens (including phenoxy) is 4. The van der Waals surface area contributed by atoms with Crippen molar-refractivity contribution in [1.82, 2.24) is 9.55 Å². The molecule has 0 aliphatic heterocycles. The summed E-state index contributed by atoms with van der Waals surface area (Å²) >= 11 is 4.78. The first-order valence-corrected chi connectivity index (χ1v) is 10.8. The van der Waals surface area contributed by atoms with Crippen LogP contribution >= 0.6 is 27.3 Å². The minimum absolute atomic E-state index is 0.303. The van der Waals surface area contributed by atoms with Crippen LogP contribution in [0.4, 0.5) is 0 Å². The summed E-state index contributed by atoms with van der Waals surface area (Å²) in [7, 11) is 4.51. The third kappa shape index (κ3) is 4.11. The highest BCUT2D eigenvalue weighted by molar-refractivity contribution is 9.10. The predicted molar refractivity (Wildman–Crippen MR) is 122 cm³/mol. The van der Waals surface area contributed by atoms with E-state index in [0.717, 1.165) is 26.1 Å². The van der Waals surface area contributed by atoms with Crippen molar-refractivity contribution >= 4 is 44.3 Å². The summed E-state index contributed by atoms with van der Waals surface area (Å²) in [4.78, 5) is 17.2. The molecule has 0 atom stereocenters. The number of halogens is 1. The van der Waals surface area contributed by atoms with E-state index in [1.807, 2.05) is 47.0 Å². The number of carbonyl (C=O) groups excluding carboxylic acids is 1. The van der Waals surface area contributed by atoms with Crippen molar-refractivity contribution in [3.8, 4) is 22.2 Å². The minimum atomic E-state index is -0.456. The second-order valence-electron chi connectivity index (χ2n) is 6.46. The van der Waals surface area contributed by atoms with E-state index in [1.165, 1.54) is 18.4 Å². The van der Waals surface area contributed by atoms with Gasteiger partial charge in [-0.1, -0.05) is 34.1 Å². The molecule has 9 heteroatoms. The fourth-order valence-corrected chi connectivity index (χ4v) is 4.51. The lowest BCUT2D eigenvalue weighted by Crippen LogP contribution is -2.03. The molecule has 2 heterocycles. The van der Waals surface area contributed by atoms with Crippen LogP contribution in [-0.4, -0.2) is 36.8 Å². The molecule has 0 aliphatic carbocycles. The fraction of sp³-hybridized carbons (Fsp3) is 0.182. The number of rotatable bonds is 7. The zero-order valence-electron chi connectivity index (χ0n) is 17.0. The Morgan fingerprint density at radius 3 is 2.52 bits per heavy atom. The molecule has 0 aliphatic rings. The van der Waals surface area contributed by atoms with Crippen LogP contribution in [0.15, 0.2) is 53.3 Å². The second-order valence-corrected chi connectivity index (χ2v) is 8.35. The maximum atomic E-state index is 12.4. The van der Waals surface area contributed by atoms with E-state index >= 15 is 0 Å². The lowest BCUT2D eigenvalue weighted by atomic mass is 10.2. The topological polar surface area (TPSA) is 71.8 Å². The third-order valence-electron chi connectivity index (χ3n) is 4.69. The van der Waals surface area contributed by atoms with Gasteiger partial charge in [-0.3, -0.25) is 4.57 Å². The first-order valence-electron chi connectivity index (χ1n) is 9.23. The summed E-state index contributed by atoms with van der Waals surface area (Å²) in [5, 5.41) is 0.761. The second kappa shape index (κ2) is 8.99. The zero-order chi connectivity index (χ0) is 22.0. The van der Waals surface area contributed by atoms with Gasteiger partial charge in [0.1, 0.15) is 23.7 Å². The van der Waals surface area contributed by atoms with Gasteiger partial charge in [0.2, 0.25) is 0 Å². The van der Waals surface area contributed by atoms with Crippen LogP contribution in [0.3, 0.4) is 0 Å². The van der Waals surface area contributed by atoms with Gasteiger partial charge in [0.15, 0.2) is 16.4 Å².